The molecule has 8 heteroatoms. The monoisotopic (exact) mass is 391 g/mol. The van der Waals surface area contributed by atoms with Crippen molar-refractivity contribution in [2.45, 2.75) is 13.0 Å². The maximum absolute atomic E-state index is 13.8. The lowest BCUT2D eigenvalue weighted by atomic mass is 9.84. The highest BCUT2D eigenvalue weighted by atomic mass is 19.1. The number of rotatable bonds is 2. The number of benzene rings is 1. The van der Waals surface area contributed by atoms with Crippen molar-refractivity contribution in [3.05, 3.63) is 29.6 Å². The van der Waals surface area contributed by atoms with E-state index in [1.807, 2.05) is 11.9 Å². The van der Waals surface area contributed by atoms with Crippen molar-refractivity contribution in [2.24, 2.45) is 11.8 Å². The molecule has 0 aliphatic carbocycles. The van der Waals surface area contributed by atoms with Gasteiger partial charge in [0.15, 0.2) is 0 Å². The van der Waals surface area contributed by atoms with Gasteiger partial charge in [0.1, 0.15) is 11.6 Å². The summed E-state index contributed by atoms with van der Waals surface area (Å²) >= 11 is 0. The molecule has 4 rings (SSSR count). The first-order chi connectivity index (χ1) is 13.5. The van der Waals surface area contributed by atoms with Crippen LogP contribution in [0.25, 0.3) is 0 Å². The van der Waals surface area contributed by atoms with Gasteiger partial charge in [-0.3, -0.25) is 9.69 Å². The fourth-order valence-corrected chi connectivity index (χ4v) is 4.67. The lowest BCUT2D eigenvalue weighted by Gasteiger charge is -2.37. The van der Waals surface area contributed by atoms with E-state index in [1.54, 1.807) is 17.9 Å². The molecule has 0 aromatic heterocycles. The van der Waals surface area contributed by atoms with Crippen molar-refractivity contribution in [1.82, 2.24) is 14.7 Å². The van der Waals surface area contributed by atoms with Gasteiger partial charge in [-0.2, -0.15) is 0 Å². The van der Waals surface area contributed by atoms with Crippen molar-refractivity contribution in [3.8, 4) is 5.75 Å². The molecule has 3 aliphatic heterocycles. The van der Waals surface area contributed by atoms with Gasteiger partial charge in [0.25, 0.3) is 0 Å². The van der Waals surface area contributed by atoms with Crippen LogP contribution in [0.2, 0.25) is 0 Å². The van der Waals surface area contributed by atoms with Crippen LogP contribution in [0.15, 0.2) is 18.2 Å². The molecular formula is C20H26FN3O4. The van der Waals surface area contributed by atoms with Gasteiger partial charge in [0.05, 0.1) is 19.1 Å². The van der Waals surface area contributed by atoms with Gasteiger partial charge in [-0.15, -0.1) is 0 Å². The summed E-state index contributed by atoms with van der Waals surface area (Å²) in [4.78, 5) is 30.7. The Balaban J connectivity index is 1.45. The normalized spacial score (nSPS) is 27.0. The summed E-state index contributed by atoms with van der Waals surface area (Å²) in [6, 6.07) is 4.57. The molecule has 0 spiro atoms. The lowest BCUT2D eigenvalue weighted by Crippen LogP contribution is -2.53. The summed E-state index contributed by atoms with van der Waals surface area (Å²) in [7, 11) is 1.98. The van der Waals surface area contributed by atoms with E-state index in [1.165, 1.54) is 12.1 Å². The van der Waals surface area contributed by atoms with E-state index < -0.39 is 0 Å². The van der Waals surface area contributed by atoms with Gasteiger partial charge < -0.3 is 19.3 Å². The number of fused-ring (bicyclic) bond motifs is 3. The van der Waals surface area contributed by atoms with Gasteiger partial charge in [0.2, 0.25) is 5.91 Å². The van der Waals surface area contributed by atoms with Crippen LogP contribution in [0.5, 0.6) is 5.75 Å². The van der Waals surface area contributed by atoms with Crippen LogP contribution in [0.4, 0.5) is 9.18 Å². The maximum Gasteiger partial charge on any atom is 0.409 e. The van der Waals surface area contributed by atoms with Gasteiger partial charge in [-0.05, 0) is 32.2 Å². The Morgan fingerprint density at radius 3 is 2.64 bits per heavy atom. The van der Waals surface area contributed by atoms with E-state index in [2.05, 4.69) is 4.90 Å². The molecule has 0 unspecified atom stereocenters. The summed E-state index contributed by atoms with van der Waals surface area (Å²) in [6.07, 6.45) is -0.324. The highest BCUT2D eigenvalue weighted by Gasteiger charge is 2.49. The molecule has 2 saturated heterocycles. The molecule has 2 amide bonds. The number of amides is 2. The van der Waals surface area contributed by atoms with Crippen molar-refractivity contribution in [3.63, 3.8) is 0 Å². The van der Waals surface area contributed by atoms with E-state index in [0.717, 1.165) is 5.56 Å². The Labute approximate surface area is 164 Å². The number of carbonyl (C=O) groups is 2. The fourth-order valence-electron chi connectivity index (χ4n) is 4.67. The summed E-state index contributed by atoms with van der Waals surface area (Å²) in [5.41, 5.74) is 0.821. The van der Waals surface area contributed by atoms with Crippen molar-refractivity contribution >= 4 is 12.0 Å². The van der Waals surface area contributed by atoms with Crippen LogP contribution < -0.4 is 4.74 Å². The second kappa shape index (κ2) is 7.58. The molecule has 2 fully saturated rings. The van der Waals surface area contributed by atoms with E-state index in [-0.39, 0.29) is 35.7 Å². The quantitative estimate of drug-likeness (QED) is 0.769. The second-order valence-corrected chi connectivity index (χ2v) is 7.66. The van der Waals surface area contributed by atoms with Crippen molar-refractivity contribution in [1.29, 1.82) is 0 Å². The summed E-state index contributed by atoms with van der Waals surface area (Å²) < 4.78 is 24.7. The number of likely N-dealkylation sites (tertiary alicyclic amines) is 1. The Hall–Kier alpha value is -2.35. The number of piperazine rings is 1. The van der Waals surface area contributed by atoms with Gasteiger partial charge >= 0.3 is 6.09 Å². The minimum Gasteiger partial charge on any atom is -0.493 e. The maximum atomic E-state index is 13.8. The molecule has 3 heterocycles. The fraction of sp³-hybridized carbons (Fsp3) is 0.600. The third-order valence-corrected chi connectivity index (χ3v) is 6.04. The predicted molar refractivity (Wildman–Crippen MR) is 99.4 cm³/mol. The molecule has 28 heavy (non-hydrogen) atoms. The highest BCUT2D eigenvalue weighted by Crippen LogP contribution is 2.47. The smallest absolute Gasteiger partial charge is 0.409 e. The largest absolute Gasteiger partial charge is 0.493 e. The first-order valence-electron chi connectivity index (χ1n) is 9.82. The minimum atomic E-state index is -0.324. The van der Waals surface area contributed by atoms with Crippen LogP contribution in [0, 0.1) is 17.7 Å². The third kappa shape index (κ3) is 3.30. The number of hydrogen-bond acceptors (Lipinski definition) is 5. The average Bonchev–Trinajstić information content (AvgIpc) is 3.04. The van der Waals surface area contributed by atoms with Crippen LogP contribution in [-0.2, 0) is 9.53 Å². The summed E-state index contributed by atoms with van der Waals surface area (Å²) in [5.74, 6) is 0.300. The molecule has 1 aromatic rings. The number of ether oxygens (including phenoxy) is 2. The average molecular weight is 391 g/mol. The minimum absolute atomic E-state index is 0.00473. The number of nitrogens with zero attached hydrogens (tertiary/aromatic N) is 3. The second-order valence-electron chi connectivity index (χ2n) is 7.66. The van der Waals surface area contributed by atoms with Crippen molar-refractivity contribution < 1.29 is 23.5 Å². The van der Waals surface area contributed by atoms with Crippen LogP contribution in [0.3, 0.4) is 0 Å². The Morgan fingerprint density at radius 1 is 1.21 bits per heavy atom. The molecule has 0 radical (unpaired) electrons. The molecule has 152 valence electrons. The molecule has 0 bridgehead atoms. The topological polar surface area (TPSA) is 62.3 Å². The number of halogens is 1. The molecule has 7 nitrogen and oxygen atoms in total. The molecule has 0 N–H and O–H groups in total. The van der Waals surface area contributed by atoms with E-state index >= 15 is 0 Å². The van der Waals surface area contributed by atoms with Gasteiger partial charge in [-0.1, -0.05) is 0 Å². The standard InChI is InChI=1S/C20H26FN3O4/c1-3-27-20(26)24-8-6-23(7-9-24)19(25)15-11-22(2)18-14-10-13(21)4-5-17(14)28-12-16(15)18/h4-5,10,15-16,18H,3,6-9,11-12H2,1-2H3/t15-,16+,18+/m1/s1. The molecule has 1 aromatic carbocycles. The van der Waals surface area contributed by atoms with E-state index in [4.69, 9.17) is 9.47 Å². The van der Waals surface area contributed by atoms with Crippen LogP contribution in [0.1, 0.15) is 18.5 Å². The lowest BCUT2D eigenvalue weighted by molar-refractivity contribution is -0.138. The molecule has 3 aliphatic rings. The van der Waals surface area contributed by atoms with Gasteiger partial charge in [-0.25, -0.2) is 9.18 Å². The Bertz CT molecular complexity index is 766. The van der Waals surface area contributed by atoms with E-state index in [0.29, 0.717) is 51.7 Å². The third-order valence-electron chi connectivity index (χ3n) is 6.04. The highest BCUT2D eigenvalue weighted by molar-refractivity contribution is 5.80. The number of hydrogen-bond donors (Lipinski definition) is 0. The first-order valence-corrected chi connectivity index (χ1v) is 9.82. The van der Waals surface area contributed by atoms with Crippen LogP contribution >= 0.6 is 0 Å². The van der Waals surface area contributed by atoms with E-state index in [9.17, 15) is 14.0 Å². The zero-order valence-corrected chi connectivity index (χ0v) is 16.3. The molecule has 3 atom stereocenters. The predicted octanol–water partition coefficient (Wildman–Crippen LogP) is 1.74. The zero-order valence-electron chi connectivity index (χ0n) is 16.3. The summed E-state index contributed by atoms with van der Waals surface area (Å²) in [6.45, 7) is 5.15. The summed E-state index contributed by atoms with van der Waals surface area (Å²) in [5, 5.41) is 0. The zero-order chi connectivity index (χ0) is 19.8. The first kappa shape index (κ1) is 19.0. The van der Waals surface area contributed by atoms with Crippen molar-refractivity contribution in [2.75, 3.05) is 53.0 Å². The molecule has 0 saturated carbocycles. The Kier molecular flexibility index (Phi) is 5.14. The molecular weight excluding hydrogens is 365 g/mol. The van der Waals surface area contributed by atoms with Gasteiger partial charge in [0, 0.05) is 50.2 Å². The van der Waals surface area contributed by atoms with Crippen LogP contribution in [-0.4, -0.2) is 79.7 Å². The Morgan fingerprint density at radius 2 is 1.93 bits per heavy atom. The SMILES string of the molecule is CCOC(=O)N1CCN(C(=O)[C@@H]2CN(C)[C@H]3c4cc(F)ccc4OC[C@@H]23)CC1. The number of carbonyl (C=O) groups excluding carboxylic acids is 2.